The molecule has 0 aliphatic carbocycles. The highest BCUT2D eigenvalue weighted by Crippen LogP contribution is 2.33. The highest BCUT2D eigenvalue weighted by molar-refractivity contribution is 5.99. The van der Waals surface area contributed by atoms with Gasteiger partial charge < -0.3 is 14.8 Å². The predicted octanol–water partition coefficient (Wildman–Crippen LogP) is 1.51. The Morgan fingerprint density at radius 2 is 1.58 bits per heavy atom. The quantitative estimate of drug-likeness (QED) is 0.586. The standard InChI is InChI=1S/C14H25NO4/c1-4-18-12(16)14(3,13(17)19-5-2)10-11-6-8-15-9-7-11/h11,15H,4-10H2,1-3H3. The number of nitrogens with one attached hydrogen (secondary N) is 1. The van der Waals surface area contributed by atoms with Crippen LogP contribution in [0.2, 0.25) is 0 Å². The van der Waals surface area contributed by atoms with E-state index in [1.807, 2.05) is 0 Å². The molecular weight excluding hydrogens is 246 g/mol. The van der Waals surface area contributed by atoms with E-state index in [0.29, 0.717) is 12.3 Å². The molecule has 0 saturated carbocycles. The Bertz CT molecular complexity index is 293. The Labute approximate surface area is 115 Å². The molecule has 1 rings (SSSR count). The van der Waals surface area contributed by atoms with Crippen molar-refractivity contribution in [3.8, 4) is 0 Å². The summed E-state index contributed by atoms with van der Waals surface area (Å²) in [7, 11) is 0. The smallest absolute Gasteiger partial charge is 0.323 e. The second-order valence-corrected chi connectivity index (χ2v) is 5.17. The Hall–Kier alpha value is -1.10. The first kappa shape index (κ1) is 16.0. The molecule has 5 heteroatoms. The summed E-state index contributed by atoms with van der Waals surface area (Å²) in [5, 5.41) is 3.28. The van der Waals surface area contributed by atoms with Gasteiger partial charge in [-0.05, 0) is 59.0 Å². The van der Waals surface area contributed by atoms with E-state index in [9.17, 15) is 9.59 Å². The lowest BCUT2D eigenvalue weighted by Crippen LogP contribution is -2.42. The van der Waals surface area contributed by atoms with Crippen molar-refractivity contribution < 1.29 is 19.1 Å². The zero-order valence-corrected chi connectivity index (χ0v) is 12.2. The van der Waals surface area contributed by atoms with Gasteiger partial charge in [-0.2, -0.15) is 0 Å². The Morgan fingerprint density at radius 1 is 1.11 bits per heavy atom. The van der Waals surface area contributed by atoms with Gasteiger partial charge in [0.05, 0.1) is 13.2 Å². The van der Waals surface area contributed by atoms with Crippen molar-refractivity contribution in [2.45, 2.75) is 40.0 Å². The largest absolute Gasteiger partial charge is 0.465 e. The Kier molecular flexibility index (Phi) is 6.28. The highest BCUT2D eigenvalue weighted by Gasteiger charge is 2.45. The third-order valence-electron chi connectivity index (χ3n) is 3.61. The maximum absolute atomic E-state index is 12.1. The minimum atomic E-state index is -1.17. The molecule has 0 aromatic heterocycles. The number of carbonyl (C=O) groups excluding carboxylic acids is 2. The average molecular weight is 271 g/mol. The molecule has 0 amide bonds. The summed E-state index contributed by atoms with van der Waals surface area (Å²) in [5.74, 6) is -0.570. The lowest BCUT2D eigenvalue weighted by Gasteiger charge is -2.31. The summed E-state index contributed by atoms with van der Waals surface area (Å²) >= 11 is 0. The van der Waals surface area contributed by atoms with E-state index < -0.39 is 17.4 Å². The zero-order valence-electron chi connectivity index (χ0n) is 12.2. The number of ether oxygens (including phenoxy) is 2. The minimum absolute atomic E-state index is 0.278. The van der Waals surface area contributed by atoms with Crippen molar-refractivity contribution in [1.29, 1.82) is 0 Å². The van der Waals surface area contributed by atoms with Crippen LogP contribution < -0.4 is 5.32 Å². The van der Waals surface area contributed by atoms with Crippen LogP contribution in [0.4, 0.5) is 0 Å². The topological polar surface area (TPSA) is 64.6 Å². The van der Waals surface area contributed by atoms with Crippen molar-refractivity contribution in [1.82, 2.24) is 5.32 Å². The van der Waals surface area contributed by atoms with E-state index in [4.69, 9.17) is 9.47 Å². The number of carbonyl (C=O) groups is 2. The molecule has 1 aliphatic rings. The number of hydrogen-bond acceptors (Lipinski definition) is 5. The zero-order chi connectivity index (χ0) is 14.3. The maximum Gasteiger partial charge on any atom is 0.323 e. The fraction of sp³-hybridized carbons (Fsp3) is 0.857. The van der Waals surface area contributed by atoms with E-state index in [2.05, 4.69) is 5.32 Å². The van der Waals surface area contributed by atoms with Gasteiger partial charge in [0.25, 0.3) is 0 Å². The molecule has 0 unspecified atom stereocenters. The lowest BCUT2D eigenvalue weighted by atomic mass is 9.77. The monoisotopic (exact) mass is 271 g/mol. The second kappa shape index (κ2) is 7.48. The van der Waals surface area contributed by atoms with Gasteiger partial charge in [-0.15, -0.1) is 0 Å². The molecule has 0 atom stereocenters. The first-order valence-electron chi connectivity index (χ1n) is 7.09. The Balaban J connectivity index is 2.77. The van der Waals surface area contributed by atoms with Gasteiger partial charge in [0.1, 0.15) is 0 Å². The van der Waals surface area contributed by atoms with Gasteiger partial charge in [0, 0.05) is 0 Å². The van der Waals surface area contributed by atoms with Crippen molar-refractivity contribution in [2.75, 3.05) is 26.3 Å². The van der Waals surface area contributed by atoms with E-state index in [0.717, 1.165) is 25.9 Å². The van der Waals surface area contributed by atoms with Crippen LogP contribution in [-0.2, 0) is 19.1 Å². The SMILES string of the molecule is CCOC(=O)C(C)(CC1CCNCC1)C(=O)OCC. The van der Waals surface area contributed by atoms with Crippen LogP contribution in [0.3, 0.4) is 0 Å². The molecule has 0 spiro atoms. The third-order valence-corrected chi connectivity index (χ3v) is 3.61. The molecule has 0 bridgehead atoms. The number of piperidine rings is 1. The molecule has 19 heavy (non-hydrogen) atoms. The summed E-state index contributed by atoms with van der Waals surface area (Å²) in [4.78, 5) is 24.2. The fourth-order valence-electron chi connectivity index (χ4n) is 2.49. The molecule has 1 fully saturated rings. The van der Waals surface area contributed by atoms with Gasteiger partial charge in [0.15, 0.2) is 5.41 Å². The van der Waals surface area contributed by atoms with Crippen molar-refractivity contribution in [3.63, 3.8) is 0 Å². The van der Waals surface area contributed by atoms with Crippen molar-refractivity contribution >= 4 is 11.9 Å². The van der Waals surface area contributed by atoms with Gasteiger partial charge in [-0.1, -0.05) is 0 Å². The first-order chi connectivity index (χ1) is 9.04. The molecule has 1 heterocycles. The lowest BCUT2D eigenvalue weighted by molar-refractivity contribution is -0.172. The van der Waals surface area contributed by atoms with Gasteiger partial charge in [0.2, 0.25) is 0 Å². The normalized spacial score (nSPS) is 17.0. The van der Waals surface area contributed by atoms with Gasteiger partial charge >= 0.3 is 11.9 Å². The Morgan fingerprint density at radius 3 is 2.00 bits per heavy atom. The fourth-order valence-corrected chi connectivity index (χ4v) is 2.49. The molecule has 1 saturated heterocycles. The molecule has 0 aromatic carbocycles. The van der Waals surface area contributed by atoms with E-state index in [1.165, 1.54) is 0 Å². The van der Waals surface area contributed by atoms with Gasteiger partial charge in [-0.25, -0.2) is 0 Å². The first-order valence-corrected chi connectivity index (χ1v) is 7.09. The summed E-state index contributed by atoms with van der Waals surface area (Å²) in [6.07, 6.45) is 2.47. The molecule has 0 radical (unpaired) electrons. The molecule has 5 nitrogen and oxygen atoms in total. The number of rotatable bonds is 6. The number of esters is 2. The summed E-state index contributed by atoms with van der Waals surface area (Å²) in [5.41, 5.74) is -1.17. The van der Waals surface area contributed by atoms with Crippen LogP contribution >= 0.6 is 0 Å². The van der Waals surface area contributed by atoms with Crippen molar-refractivity contribution in [2.24, 2.45) is 11.3 Å². The van der Waals surface area contributed by atoms with Crippen molar-refractivity contribution in [3.05, 3.63) is 0 Å². The van der Waals surface area contributed by atoms with E-state index >= 15 is 0 Å². The van der Waals surface area contributed by atoms with Crippen LogP contribution in [0, 0.1) is 11.3 Å². The summed E-state index contributed by atoms with van der Waals surface area (Å²) < 4.78 is 10.1. The summed E-state index contributed by atoms with van der Waals surface area (Å²) in [6, 6.07) is 0. The van der Waals surface area contributed by atoms with Crippen LogP contribution in [0.25, 0.3) is 0 Å². The summed E-state index contributed by atoms with van der Waals surface area (Å²) in [6.45, 7) is 7.56. The third kappa shape index (κ3) is 4.20. The molecule has 1 N–H and O–H groups in total. The van der Waals surface area contributed by atoms with E-state index in [-0.39, 0.29) is 13.2 Å². The van der Waals surface area contributed by atoms with Crippen LogP contribution in [0.5, 0.6) is 0 Å². The van der Waals surface area contributed by atoms with Crippen LogP contribution in [0.15, 0.2) is 0 Å². The van der Waals surface area contributed by atoms with Gasteiger partial charge in [-0.3, -0.25) is 9.59 Å². The maximum atomic E-state index is 12.1. The highest BCUT2D eigenvalue weighted by atomic mass is 16.6. The molecule has 1 aliphatic heterocycles. The predicted molar refractivity (Wildman–Crippen MR) is 71.6 cm³/mol. The molecule has 110 valence electrons. The van der Waals surface area contributed by atoms with Crippen LogP contribution in [-0.4, -0.2) is 38.2 Å². The van der Waals surface area contributed by atoms with Crippen LogP contribution in [0.1, 0.15) is 40.0 Å². The number of hydrogen-bond donors (Lipinski definition) is 1. The second-order valence-electron chi connectivity index (χ2n) is 5.17. The molecular formula is C14H25NO4. The molecule has 0 aromatic rings. The minimum Gasteiger partial charge on any atom is -0.465 e. The average Bonchev–Trinajstić information content (AvgIpc) is 2.40. The van der Waals surface area contributed by atoms with E-state index in [1.54, 1.807) is 20.8 Å².